The number of rotatable bonds is 2. The molecule has 1 aliphatic rings. The highest BCUT2D eigenvalue weighted by atomic mass is 35.6. The molecule has 20 heavy (non-hydrogen) atoms. The largest absolute Gasteiger partial charge is 0.305 e. The number of benzene rings is 1. The van der Waals surface area contributed by atoms with E-state index >= 15 is 0 Å². The summed E-state index contributed by atoms with van der Waals surface area (Å²) in [5.74, 6) is -0.821. The fraction of sp³-hybridized carbons (Fsp3) is 0.417. The van der Waals surface area contributed by atoms with Crippen molar-refractivity contribution in [3.8, 4) is 0 Å². The van der Waals surface area contributed by atoms with Crippen molar-refractivity contribution in [1.82, 2.24) is 0 Å². The molecular formula is C12H12Cl3NO3S. The summed E-state index contributed by atoms with van der Waals surface area (Å²) in [4.78, 5) is 13.6. The van der Waals surface area contributed by atoms with Gasteiger partial charge in [0, 0.05) is 5.69 Å². The van der Waals surface area contributed by atoms with E-state index in [2.05, 4.69) is 0 Å². The van der Waals surface area contributed by atoms with E-state index < -0.39 is 25.6 Å². The van der Waals surface area contributed by atoms with Crippen molar-refractivity contribution in [1.29, 1.82) is 0 Å². The van der Waals surface area contributed by atoms with Gasteiger partial charge in [0.15, 0.2) is 9.84 Å². The van der Waals surface area contributed by atoms with Crippen LogP contribution in [0.2, 0.25) is 0 Å². The zero-order valence-electron chi connectivity index (χ0n) is 10.3. The lowest BCUT2D eigenvalue weighted by molar-refractivity contribution is -0.118. The quantitative estimate of drug-likeness (QED) is 0.765. The third-order valence-corrected chi connectivity index (χ3v) is 5.30. The van der Waals surface area contributed by atoms with Gasteiger partial charge < -0.3 is 4.90 Å². The highest BCUT2D eigenvalue weighted by Crippen LogP contribution is 2.34. The van der Waals surface area contributed by atoms with Gasteiger partial charge in [-0.1, -0.05) is 53.0 Å². The minimum atomic E-state index is -3.15. The van der Waals surface area contributed by atoms with Gasteiger partial charge in [0.1, 0.15) is 0 Å². The van der Waals surface area contributed by atoms with Crippen molar-refractivity contribution in [2.45, 2.75) is 16.3 Å². The van der Waals surface area contributed by atoms with Gasteiger partial charge in [0.2, 0.25) is 0 Å². The smallest absolute Gasteiger partial charge is 0.279 e. The Morgan fingerprint density at radius 1 is 1.20 bits per heavy atom. The van der Waals surface area contributed by atoms with E-state index in [-0.39, 0.29) is 11.5 Å². The topological polar surface area (TPSA) is 54.5 Å². The summed E-state index contributed by atoms with van der Waals surface area (Å²) in [5.41, 5.74) is 0.519. The fourth-order valence-electron chi connectivity index (χ4n) is 2.20. The summed E-state index contributed by atoms with van der Waals surface area (Å²) in [7, 11) is -3.15. The zero-order chi connectivity index (χ0) is 15.0. The average molecular weight is 357 g/mol. The number of amides is 1. The molecule has 0 saturated carbocycles. The van der Waals surface area contributed by atoms with Crippen LogP contribution in [0.1, 0.15) is 6.42 Å². The Balaban J connectivity index is 2.38. The number of hydrogen-bond acceptors (Lipinski definition) is 3. The molecule has 1 heterocycles. The number of carbonyl (C=O) groups is 1. The van der Waals surface area contributed by atoms with E-state index in [0.29, 0.717) is 12.1 Å². The molecule has 1 fully saturated rings. The zero-order valence-corrected chi connectivity index (χ0v) is 13.4. The van der Waals surface area contributed by atoms with Crippen LogP contribution in [0.15, 0.2) is 30.3 Å². The molecular weight excluding hydrogens is 345 g/mol. The Bertz CT molecular complexity index is 598. The molecule has 1 saturated heterocycles. The molecule has 4 nitrogen and oxygen atoms in total. The second-order valence-corrected chi connectivity index (χ2v) is 9.08. The number of nitrogens with zero attached hydrogens (tertiary/aromatic N) is 1. The number of hydrogen-bond donors (Lipinski definition) is 0. The van der Waals surface area contributed by atoms with E-state index in [1.54, 1.807) is 30.3 Å². The SMILES string of the molecule is O=C(N(c1ccccc1)C1CCS(=O)(=O)C1)C(Cl)(Cl)Cl. The summed E-state index contributed by atoms with van der Waals surface area (Å²) in [6.07, 6.45) is 0.337. The molecule has 1 unspecified atom stereocenters. The van der Waals surface area contributed by atoms with Crippen LogP contribution in [0, 0.1) is 0 Å². The van der Waals surface area contributed by atoms with E-state index in [1.807, 2.05) is 0 Å². The Labute approximate surface area is 132 Å². The number of sulfone groups is 1. The fourth-order valence-corrected chi connectivity index (χ4v) is 4.17. The molecule has 1 aromatic rings. The molecule has 0 bridgehead atoms. The van der Waals surface area contributed by atoms with Gasteiger partial charge in [0.25, 0.3) is 9.70 Å². The summed E-state index contributed by atoms with van der Waals surface area (Å²) < 4.78 is 21.1. The van der Waals surface area contributed by atoms with Gasteiger partial charge in [-0.3, -0.25) is 4.79 Å². The Kier molecular flexibility index (Phi) is 4.54. The second-order valence-electron chi connectivity index (χ2n) is 4.57. The number of carbonyl (C=O) groups excluding carboxylic acids is 1. The molecule has 1 aromatic carbocycles. The number of para-hydroxylation sites is 1. The third kappa shape index (κ3) is 3.58. The Morgan fingerprint density at radius 3 is 2.25 bits per heavy atom. The van der Waals surface area contributed by atoms with Crippen LogP contribution >= 0.6 is 34.8 Å². The maximum absolute atomic E-state index is 12.3. The summed E-state index contributed by atoms with van der Waals surface area (Å²) in [6.45, 7) is 0. The van der Waals surface area contributed by atoms with Crippen LogP contribution in [0.4, 0.5) is 5.69 Å². The van der Waals surface area contributed by atoms with Crippen LogP contribution in [-0.2, 0) is 14.6 Å². The van der Waals surface area contributed by atoms with Crippen molar-refractivity contribution in [2.24, 2.45) is 0 Å². The lowest BCUT2D eigenvalue weighted by Crippen LogP contribution is -2.46. The second kappa shape index (κ2) is 5.72. The summed E-state index contributed by atoms with van der Waals surface area (Å²) >= 11 is 17.0. The highest BCUT2D eigenvalue weighted by Gasteiger charge is 2.42. The molecule has 2 rings (SSSR count). The molecule has 0 radical (unpaired) electrons. The van der Waals surface area contributed by atoms with Gasteiger partial charge in [-0.2, -0.15) is 0 Å². The van der Waals surface area contributed by atoms with E-state index in [9.17, 15) is 13.2 Å². The first kappa shape index (κ1) is 15.9. The molecule has 1 atom stereocenters. The maximum Gasteiger partial charge on any atom is 0.279 e. The average Bonchev–Trinajstić information content (AvgIpc) is 2.70. The molecule has 0 aromatic heterocycles. The van der Waals surface area contributed by atoms with Crippen LogP contribution in [-0.4, -0.2) is 35.7 Å². The molecule has 0 aliphatic carbocycles. The lowest BCUT2D eigenvalue weighted by atomic mass is 10.2. The number of anilines is 1. The first-order valence-corrected chi connectivity index (χ1v) is 8.82. The van der Waals surface area contributed by atoms with Gasteiger partial charge in [-0.25, -0.2) is 8.42 Å². The standard InChI is InChI=1S/C12H12Cl3NO3S/c13-12(14,15)11(17)16(9-4-2-1-3-5-9)10-6-7-20(18,19)8-10/h1-5,10H,6-8H2. The molecule has 0 spiro atoms. The monoisotopic (exact) mass is 355 g/mol. The van der Waals surface area contributed by atoms with Crippen molar-refractivity contribution in [2.75, 3.05) is 16.4 Å². The van der Waals surface area contributed by atoms with Crippen LogP contribution in [0.5, 0.6) is 0 Å². The van der Waals surface area contributed by atoms with Crippen LogP contribution in [0.3, 0.4) is 0 Å². The number of halogens is 3. The summed E-state index contributed by atoms with van der Waals surface area (Å²) in [6, 6.07) is 8.10. The predicted molar refractivity (Wildman–Crippen MR) is 81.3 cm³/mol. The van der Waals surface area contributed by atoms with Gasteiger partial charge in [-0.05, 0) is 18.6 Å². The highest BCUT2D eigenvalue weighted by molar-refractivity contribution is 7.91. The normalized spacial score (nSPS) is 21.6. The molecule has 110 valence electrons. The molecule has 8 heteroatoms. The Morgan fingerprint density at radius 2 is 1.80 bits per heavy atom. The van der Waals surface area contributed by atoms with Crippen molar-refractivity contribution in [3.05, 3.63) is 30.3 Å². The Hall–Kier alpha value is -0.490. The van der Waals surface area contributed by atoms with Crippen molar-refractivity contribution >= 4 is 56.2 Å². The van der Waals surface area contributed by atoms with Crippen LogP contribution in [0.25, 0.3) is 0 Å². The van der Waals surface area contributed by atoms with Gasteiger partial charge >= 0.3 is 0 Å². The lowest BCUT2D eigenvalue weighted by Gasteiger charge is -2.30. The minimum absolute atomic E-state index is 0.0359. The maximum atomic E-state index is 12.3. The van der Waals surface area contributed by atoms with E-state index in [1.165, 1.54) is 4.90 Å². The predicted octanol–water partition coefficient (Wildman–Crippen LogP) is 2.58. The minimum Gasteiger partial charge on any atom is -0.305 e. The summed E-state index contributed by atoms with van der Waals surface area (Å²) in [5, 5.41) is 0. The first-order valence-electron chi connectivity index (χ1n) is 5.86. The van der Waals surface area contributed by atoms with Gasteiger partial charge in [-0.15, -0.1) is 0 Å². The van der Waals surface area contributed by atoms with Crippen molar-refractivity contribution in [3.63, 3.8) is 0 Å². The molecule has 0 N–H and O–H groups in total. The number of alkyl halides is 3. The third-order valence-electron chi connectivity index (χ3n) is 3.07. The van der Waals surface area contributed by atoms with E-state index in [4.69, 9.17) is 34.8 Å². The first-order chi connectivity index (χ1) is 9.21. The van der Waals surface area contributed by atoms with Crippen molar-refractivity contribution < 1.29 is 13.2 Å². The van der Waals surface area contributed by atoms with Gasteiger partial charge in [0.05, 0.1) is 17.5 Å². The van der Waals surface area contributed by atoms with E-state index in [0.717, 1.165) is 0 Å². The molecule has 1 amide bonds. The van der Waals surface area contributed by atoms with Crippen LogP contribution < -0.4 is 4.90 Å². The molecule has 1 aliphatic heterocycles.